The Morgan fingerprint density at radius 3 is 3.09 bits per heavy atom. The van der Waals surface area contributed by atoms with Crippen LogP contribution in [0.15, 0.2) is 12.7 Å². The number of cyclic esters (lactones) is 1. The highest BCUT2D eigenvalue weighted by molar-refractivity contribution is 6.20. The molecule has 1 unspecified atom stereocenters. The van der Waals surface area contributed by atoms with Gasteiger partial charge in [0.25, 0.3) is 0 Å². The van der Waals surface area contributed by atoms with Crippen LogP contribution in [-0.2, 0) is 4.74 Å². The van der Waals surface area contributed by atoms with Crippen molar-refractivity contribution in [2.45, 2.75) is 18.9 Å². The van der Waals surface area contributed by atoms with E-state index in [-0.39, 0.29) is 6.04 Å². The van der Waals surface area contributed by atoms with Crippen LogP contribution in [0.25, 0.3) is 0 Å². The van der Waals surface area contributed by atoms with Crippen LogP contribution in [-0.4, -0.2) is 23.2 Å². The fourth-order valence-corrected chi connectivity index (χ4v) is 1.15. The zero-order valence-electron chi connectivity index (χ0n) is 6.12. The molecule has 1 aliphatic heterocycles. The molecule has 1 saturated heterocycles. The molecule has 0 aromatic rings. The molecular weight excluding hydrogens is 166 g/mol. The number of amides is 1. The zero-order chi connectivity index (χ0) is 8.27. The summed E-state index contributed by atoms with van der Waals surface area (Å²) in [6.45, 7) is 3.98. The fourth-order valence-electron chi connectivity index (χ4n) is 0.951. The number of carbonyl (C=O) groups is 1. The van der Waals surface area contributed by atoms with Gasteiger partial charge in [-0.3, -0.25) is 0 Å². The molecular formula is C7H10ClNO2. The number of nitrogens with zero attached hydrogens (tertiary/aromatic N) is 1. The number of hydrogen-bond donors (Lipinski definition) is 0. The van der Waals surface area contributed by atoms with Crippen LogP contribution in [0.1, 0.15) is 12.8 Å². The Labute approximate surface area is 70.7 Å². The molecule has 62 valence electrons. The minimum atomic E-state index is -0.444. The summed E-state index contributed by atoms with van der Waals surface area (Å²) in [6.07, 6.45) is 3.03. The van der Waals surface area contributed by atoms with Gasteiger partial charge in [0.05, 0.1) is 6.04 Å². The molecule has 1 aliphatic rings. The lowest BCUT2D eigenvalue weighted by Crippen LogP contribution is -2.23. The van der Waals surface area contributed by atoms with Crippen molar-refractivity contribution < 1.29 is 9.53 Å². The van der Waals surface area contributed by atoms with Crippen molar-refractivity contribution in [2.24, 2.45) is 0 Å². The smallest absolute Gasteiger partial charge is 0.424 e. The summed E-state index contributed by atoms with van der Waals surface area (Å²) in [5, 5.41) is 0. The predicted octanol–water partition coefficient (Wildman–Crippen LogP) is 1.93. The van der Waals surface area contributed by atoms with Crippen molar-refractivity contribution in [1.29, 1.82) is 0 Å². The molecule has 1 rings (SSSR count). The number of halogens is 1. The van der Waals surface area contributed by atoms with Gasteiger partial charge < -0.3 is 4.74 Å². The predicted molar refractivity (Wildman–Crippen MR) is 42.3 cm³/mol. The van der Waals surface area contributed by atoms with Crippen LogP contribution in [0.4, 0.5) is 4.79 Å². The highest BCUT2D eigenvalue weighted by atomic mass is 35.5. The van der Waals surface area contributed by atoms with Gasteiger partial charge in [0.2, 0.25) is 0 Å². The molecule has 1 atom stereocenters. The summed E-state index contributed by atoms with van der Waals surface area (Å²) in [7, 11) is 0. The monoisotopic (exact) mass is 175 g/mol. The quantitative estimate of drug-likeness (QED) is 0.485. The van der Waals surface area contributed by atoms with Gasteiger partial charge >= 0.3 is 6.09 Å². The standard InChI is InChI=1S/C7H10ClNO2/c1-2-3-4-6-5-11-7(10)9(6)8/h2,6H,1,3-5H2. The maximum Gasteiger partial charge on any atom is 0.424 e. The van der Waals surface area contributed by atoms with Crippen molar-refractivity contribution >= 4 is 17.9 Å². The molecule has 1 amide bonds. The van der Waals surface area contributed by atoms with Gasteiger partial charge in [0.1, 0.15) is 6.61 Å². The van der Waals surface area contributed by atoms with Crippen LogP contribution in [0, 0.1) is 0 Å². The largest absolute Gasteiger partial charge is 0.446 e. The van der Waals surface area contributed by atoms with E-state index in [4.69, 9.17) is 16.5 Å². The number of hydrogen-bond acceptors (Lipinski definition) is 2. The first-order chi connectivity index (χ1) is 5.25. The lowest BCUT2D eigenvalue weighted by molar-refractivity contribution is 0.170. The maximum absolute atomic E-state index is 10.7. The number of allylic oxidation sites excluding steroid dienone is 1. The van der Waals surface area contributed by atoms with Crippen molar-refractivity contribution in [1.82, 2.24) is 4.42 Å². The average molecular weight is 176 g/mol. The topological polar surface area (TPSA) is 29.5 Å². The third-order valence-corrected chi connectivity index (χ3v) is 2.01. The fraction of sp³-hybridized carbons (Fsp3) is 0.571. The molecule has 0 N–H and O–H groups in total. The second-order valence-electron chi connectivity index (χ2n) is 2.41. The van der Waals surface area contributed by atoms with Gasteiger partial charge in [-0.1, -0.05) is 6.08 Å². The van der Waals surface area contributed by atoms with Crippen molar-refractivity contribution in [3.63, 3.8) is 0 Å². The Balaban J connectivity index is 2.35. The average Bonchev–Trinajstić information content (AvgIpc) is 2.31. The number of carbonyl (C=O) groups excluding carboxylic acids is 1. The normalized spacial score (nSPS) is 23.5. The van der Waals surface area contributed by atoms with Crippen LogP contribution >= 0.6 is 11.8 Å². The van der Waals surface area contributed by atoms with E-state index in [0.717, 1.165) is 17.3 Å². The van der Waals surface area contributed by atoms with E-state index >= 15 is 0 Å². The van der Waals surface area contributed by atoms with E-state index in [2.05, 4.69) is 6.58 Å². The van der Waals surface area contributed by atoms with Gasteiger partial charge in [0.15, 0.2) is 0 Å². The highest BCUT2D eigenvalue weighted by Crippen LogP contribution is 2.18. The summed E-state index contributed by atoms with van der Waals surface area (Å²) < 4.78 is 5.81. The first-order valence-corrected chi connectivity index (χ1v) is 3.82. The lowest BCUT2D eigenvalue weighted by atomic mass is 10.2. The van der Waals surface area contributed by atoms with Crippen LogP contribution < -0.4 is 0 Å². The van der Waals surface area contributed by atoms with Crippen molar-refractivity contribution in [3.8, 4) is 0 Å². The van der Waals surface area contributed by atoms with Gasteiger partial charge in [-0.2, -0.15) is 0 Å². The van der Waals surface area contributed by atoms with E-state index in [1.807, 2.05) is 0 Å². The molecule has 0 spiro atoms. The molecule has 3 nitrogen and oxygen atoms in total. The SMILES string of the molecule is C=CCCC1COC(=O)N1Cl. The lowest BCUT2D eigenvalue weighted by Gasteiger charge is -2.10. The summed E-state index contributed by atoms with van der Waals surface area (Å²) in [5.74, 6) is 0. The Morgan fingerprint density at radius 1 is 1.91 bits per heavy atom. The second kappa shape index (κ2) is 3.62. The van der Waals surface area contributed by atoms with Crippen LogP contribution in [0.2, 0.25) is 0 Å². The van der Waals surface area contributed by atoms with Gasteiger partial charge in [0, 0.05) is 11.8 Å². The molecule has 0 bridgehead atoms. The first kappa shape index (κ1) is 8.40. The summed E-state index contributed by atoms with van der Waals surface area (Å²) in [5.41, 5.74) is 0. The van der Waals surface area contributed by atoms with E-state index in [1.54, 1.807) is 6.08 Å². The zero-order valence-corrected chi connectivity index (χ0v) is 6.88. The molecule has 11 heavy (non-hydrogen) atoms. The molecule has 0 aliphatic carbocycles. The minimum absolute atomic E-state index is 0.0159. The Bertz CT molecular complexity index is 172. The van der Waals surface area contributed by atoms with Crippen molar-refractivity contribution in [3.05, 3.63) is 12.7 Å². The second-order valence-corrected chi connectivity index (χ2v) is 2.77. The molecule has 0 aromatic carbocycles. The molecule has 1 fully saturated rings. The highest BCUT2D eigenvalue weighted by Gasteiger charge is 2.30. The summed E-state index contributed by atoms with van der Waals surface area (Å²) in [4.78, 5) is 10.7. The molecule has 1 heterocycles. The Kier molecular flexibility index (Phi) is 2.76. The summed E-state index contributed by atoms with van der Waals surface area (Å²) in [6, 6.07) is 0.0159. The molecule has 4 heteroatoms. The van der Waals surface area contributed by atoms with E-state index in [9.17, 15) is 4.79 Å². The van der Waals surface area contributed by atoms with Gasteiger partial charge in [-0.25, -0.2) is 9.21 Å². The first-order valence-electron chi connectivity index (χ1n) is 3.48. The third-order valence-electron chi connectivity index (χ3n) is 1.60. The van der Waals surface area contributed by atoms with E-state index in [0.29, 0.717) is 6.61 Å². The van der Waals surface area contributed by atoms with Crippen LogP contribution in [0.3, 0.4) is 0 Å². The molecule has 0 saturated carbocycles. The Morgan fingerprint density at radius 2 is 2.64 bits per heavy atom. The van der Waals surface area contributed by atoms with Crippen molar-refractivity contribution in [2.75, 3.05) is 6.61 Å². The molecule has 0 radical (unpaired) electrons. The summed E-state index contributed by atoms with van der Waals surface area (Å²) >= 11 is 5.59. The van der Waals surface area contributed by atoms with E-state index < -0.39 is 6.09 Å². The van der Waals surface area contributed by atoms with Gasteiger partial charge in [-0.15, -0.1) is 6.58 Å². The number of ether oxygens (including phenoxy) is 1. The molecule has 0 aromatic heterocycles. The maximum atomic E-state index is 10.7. The minimum Gasteiger partial charge on any atom is -0.446 e. The third kappa shape index (κ3) is 1.87. The Hall–Kier alpha value is -0.700. The van der Waals surface area contributed by atoms with Gasteiger partial charge in [-0.05, 0) is 12.8 Å². The van der Waals surface area contributed by atoms with Crippen LogP contribution in [0.5, 0.6) is 0 Å². The number of rotatable bonds is 3. The van der Waals surface area contributed by atoms with E-state index in [1.165, 1.54) is 0 Å².